The molecule has 0 bridgehead atoms. The Kier molecular flexibility index (Phi) is 4.24. The van der Waals surface area contributed by atoms with Crippen molar-refractivity contribution in [2.75, 3.05) is 18.5 Å². The van der Waals surface area contributed by atoms with E-state index in [1.165, 1.54) is 0 Å². The molecular weight excluding hydrogens is 236 g/mol. The molecule has 1 fully saturated rings. The van der Waals surface area contributed by atoms with E-state index in [1.54, 1.807) is 0 Å². The fraction of sp³-hybridized carbons (Fsp3) is 0.462. The molecule has 3 nitrogen and oxygen atoms in total. The Morgan fingerprint density at radius 2 is 2.29 bits per heavy atom. The Balaban J connectivity index is 2.05. The predicted octanol–water partition coefficient (Wildman–Crippen LogP) is 3.07. The van der Waals surface area contributed by atoms with Gasteiger partial charge in [-0.1, -0.05) is 23.7 Å². The number of nitriles is 1. The zero-order valence-corrected chi connectivity index (χ0v) is 10.3. The van der Waals surface area contributed by atoms with Crippen molar-refractivity contribution >= 4 is 17.3 Å². The molecule has 2 atom stereocenters. The standard InChI is InChI=1S/C13H15ClN2O/c14-11-5-1-2-6-12(11)16-13(8-15)10-4-3-7-17-9-10/h1-2,5-6,10,13,16H,3-4,7,9H2. The van der Waals surface area contributed by atoms with E-state index < -0.39 is 0 Å². The van der Waals surface area contributed by atoms with Crippen molar-refractivity contribution in [2.45, 2.75) is 18.9 Å². The largest absolute Gasteiger partial charge is 0.381 e. The first-order chi connectivity index (χ1) is 8.31. The zero-order valence-electron chi connectivity index (χ0n) is 9.53. The number of nitrogens with one attached hydrogen (secondary N) is 1. The van der Waals surface area contributed by atoms with Crippen molar-refractivity contribution in [2.24, 2.45) is 5.92 Å². The second kappa shape index (κ2) is 5.90. The summed E-state index contributed by atoms with van der Waals surface area (Å²) >= 11 is 6.06. The van der Waals surface area contributed by atoms with E-state index in [9.17, 15) is 5.26 Å². The second-order valence-electron chi connectivity index (χ2n) is 4.21. The molecule has 2 rings (SSSR count). The average molecular weight is 251 g/mol. The summed E-state index contributed by atoms with van der Waals surface area (Å²) in [7, 11) is 0. The third-order valence-electron chi connectivity index (χ3n) is 2.99. The van der Waals surface area contributed by atoms with Crippen LogP contribution in [0.5, 0.6) is 0 Å². The molecule has 1 N–H and O–H groups in total. The van der Waals surface area contributed by atoms with Gasteiger partial charge in [-0.3, -0.25) is 0 Å². The number of ether oxygens (including phenoxy) is 1. The van der Waals surface area contributed by atoms with E-state index in [2.05, 4.69) is 11.4 Å². The lowest BCUT2D eigenvalue weighted by Crippen LogP contribution is -2.33. The number of hydrogen-bond acceptors (Lipinski definition) is 3. The molecule has 0 aliphatic carbocycles. The molecule has 17 heavy (non-hydrogen) atoms. The molecule has 90 valence electrons. The molecule has 1 aliphatic rings. The highest BCUT2D eigenvalue weighted by molar-refractivity contribution is 6.33. The van der Waals surface area contributed by atoms with Gasteiger partial charge in [-0.05, 0) is 25.0 Å². The van der Waals surface area contributed by atoms with Crippen LogP contribution in [0.2, 0.25) is 5.02 Å². The van der Waals surface area contributed by atoms with E-state index in [4.69, 9.17) is 16.3 Å². The van der Waals surface area contributed by atoms with Crippen LogP contribution < -0.4 is 5.32 Å². The summed E-state index contributed by atoms with van der Waals surface area (Å²) in [5, 5.41) is 13.1. The molecule has 0 saturated carbocycles. The van der Waals surface area contributed by atoms with Gasteiger partial charge in [0.15, 0.2) is 0 Å². The third kappa shape index (κ3) is 3.12. The van der Waals surface area contributed by atoms with Crippen LogP contribution in [0, 0.1) is 17.2 Å². The lowest BCUT2D eigenvalue weighted by Gasteiger charge is -2.27. The van der Waals surface area contributed by atoms with Crippen LogP contribution in [0.3, 0.4) is 0 Å². The summed E-state index contributed by atoms with van der Waals surface area (Å²) in [6.07, 6.45) is 2.04. The van der Waals surface area contributed by atoms with Gasteiger partial charge < -0.3 is 10.1 Å². The van der Waals surface area contributed by atoms with E-state index in [0.717, 1.165) is 25.1 Å². The summed E-state index contributed by atoms with van der Waals surface area (Å²) < 4.78 is 5.41. The topological polar surface area (TPSA) is 45.0 Å². The maximum absolute atomic E-state index is 9.22. The molecule has 1 heterocycles. The van der Waals surface area contributed by atoms with Gasteiger partial charge in [0.1, 0.15) is 6.04 Å². The molecule has 1 aromatic rings. The summed E-state index contributed by atoms with van der Waals surface area (Å²) in [5.41, 5.74) is 0.811. The van der Waals surface area contributed by atoms with Crippen LogP contribution in [0.15, 0.2) is 24.3 Å². The zero-order chi connectivity index (χ0) is 12.1. The molecule has 0 radical (unpaired) electrons. The Hall–Kier alpha value is -1.24. The molecule has 4 heteroatoms. The average Bonchev–Trinajstić information content (AvgIpc) is 2.39. The highest BCUT2D eigenvalue weighted by Gasteiger charge is 2.24. The summed E-state index contributed by atoms with van der Waals surface area (Å²) in [6.45, 7) is 1.45. The number of benzene rings is 1. The monoisotopic (exact) mass is 250 g/mol. The molecule has 1 aliphatic heterocycles. The third-order valence-corrected chi connectivity index (χ3v) is 3.32. The molecule has 0 spiro atoms. The highest BCUT2D eigenvalue weighted by Crippen LogP contribution is 2.25. The number of halogens is 1. The van der Waals surface area contributed by atoms with Crippen molar-refractivity contribution in [3.8, 4) is 6.07 Å². The van der Waals surface area contributed by atoms with Crippen LogP contribution in [0.25, 0.3) is 0 Å². The fourth-order valence-corrected chi connectivity index (χ4v) is 2.22. The summed E-state index contributed by atoms with van der Waals surface area (Å²) in [5.74, 6) is 0.241. The van der Waals surface area contributed by atoms with Gasteiger partial charge in [0, 0.05) is 12.5 Å². The van der Waals surface area contributed by atoms with Gasteiger partial charge in [0.25, 0.3) is 0 Å². The van der Waals surface area contributed by atoms with Gasteiger partial charge in [-0.25, -0.2) is 0 Å². The van der Waals surface area contributed by atoms with Gasteiger partial charge >= 0.3 is 0 Å². The van der Waals surface area contributed by atoms with Gasteiger partial charge in [0.2, 0.25) is 0 Å². The van der Waals surface area contributed by atoms with Crippen LogP contribution in [-0.2, 0) is 4.74 Å². The molecule has 0 aromatic heterocycles. The number of rotatable bonds is 3. The molecular formula is C13H15ClN2O. The minimum atomic E-state index is -0.241. The molecule has 0 amide bonds. The fourth-order valence-electron chi connectivity index (χ4n) is 2.03. The molecule has 1 saturated heterocycles. The number of para-hydroxylation sites is 1. The van der Waals surface area contributed by atoms with Crippen molar-refractivity contribution < 1.29 is 4.74 Å². The second-order valence-corrected chi connectivity index (χ2v) is 4.62. The van der Waals surface area contributed by atoms with Gasteiger partial charge in [-0.15, -0.1) is 0 Å². The predicted molar refractivity (Wildman–Crippen MR) is 68.0 cm³/mol. The lowest BCUT2D eigenvalue weighted by molar-refractivity contribution is 0.0532. The first-order valence-electron chi connectivity index (χ1n) is 5.79. The van der Waals surface area contributed by atoms with Crippen LogP contribution in [-0.4, -0.2) is 19.3 Å². The van der Waals surface area contributed by atoms with Gasteiger partial charge in [-0.2, -0.15) is 5.26 Å². The lowest BCUT2D eigenvalue weighted by atomic mass is 9.94. The molecule has 1 aromatic carbocycles. The Labute approximate surface area is 106 Å². The van der Waals surface area contributed by atoms with Crippen molar-refractivity contribution in [3.05, 3.63) is 29.3 Å². The number of anilines is 1. The highest BCUT2D eigenvalue weighted by atomic mass is 35.5. The van der Waals surface area contributed by atoms with E-state index in [0.29, 0.717) is 11.6 Å². The maximum atomic E-state index is 9.22. The minimum absolute atomic E-state index is 0.241. The van der Waals surface area contributed by atoms with E-state index in [1.807, 2.05) is 24.3 Å². The number of nitrogens with zero attached hydrogens (tertiary/aromatic N) is 1. The van der Waals surface area contributed by atoms with Crippen molar-refractivity contribution in [1.29, 1.82) is 5.26 Å². The Morgan fingerprint density at radius 1 is 1.47 bits per heavy atom. The smallest absolute Gasteiger partial charge is 0.119 e. The van der Waals surface area contributed by atoms with Crippen LogP contribution >= 0.6 is 11.6 Å². The minimum Gasteiger partial charge on any atom is -0.381 e. The number of hydrogen-bond donors (Lipinski definition) is 1. The summed E-state index contributed by atoms with van der Waals surface area (Å²) in [4.78, 5) is 0. The van der Waals surface area contributed by atoms with Crippen molar-refractivity contribution in [3.63, 3.8) is 0 Å². The quantitative estimate of drug-likeness (QED) is 0.897. The van der Waals surface area contributed by atoms with Crippen molar-refractivity contribution in [1.82, 2.24) is 0 Å². The maximum Gasteiger partial charge on any atom is 0.119 e. The molecule has 2 unspecified atom stereocenters. The van der Waals surface area contributed by atoms with E-state index >= 15 is 0 Å². The normalized spacial score (nSPS) is 21.5. The van der Waals surface area contributed by atoms with E-state index in [-0.39, 0.29) is 12.0 Å². The van der Waals surface area contributed by atoms with Gasteiger partial charge in [0.05, 0.1) is 23.4 Å². The summed E-state index contributed by atoms with van der Waals surface area (Å²) in [6, 6.07) is 9.53. The first kappa shape index (κ1) is 12.2. The van der Waals surface area contributed by atoms with Crippen LogP contribution in [0.4, 0.5) is 5.69 Å². The van der Waals surface area contributed by atoms with Crippen LogP contribution in [0.1, 0.15) is 12.8 Å². The Morgan fingerprint density at radius 3 is 2.94 bits per heavy atom. The first-order valence-corrected chi connectivity index (χ1v) is 6.17. The SMILES string of the molecule is N#CC(Nc1ccccc1Cl)C1CCCOC1. The Bertz CT molecular complexity index is 410.